The van der Waals surface area contributed by atoms with Crippen molar-refractivity contribution in [3.63, 3.8) is 0 Å². The number of H-pyrrole nitrogens is 1. The van der Waals surface area contributed by atoms with Crippen LogP contribution in [0.4, 0.5) is 0 Å². The molecule has 3 aromatic rings. The second-order valence-corrected chi connectivity index (χ2v) is 8.82. The molecule has 0 saturated heterocycles. The Kier molecular flexibility index (Phi) is 5.51. The molecule has 0 spiro atoms. The summed E-state index contributed by atoms with van der Waals surface area (Å²) in [5, 5.41) is 5.81. The minimum Gasteiger partial charge on any atom is -0.352 e. The van der Waals surface area contributed by atoms with E-state index in [9.17, 15) is 9.59 Å². The molecule has 3 aromatic heterocycles. The van der Waals surface area contributed by atoms with Crippen molar-refractivity contribution in [1.29, 1.82) is 0 Å². The van der Waals surface area contributed by atoms with Gasteiger partial charge in [-0.2, -0.15) is 0 Å². The molecule has 3 heterocycles. The van der Waals surface area contributed by atoms with Gasteiger partial charge in [0.25, 0.3) is 11.8 Å². The van der Waals surface area contributed by atoms with E-state index < -0.39 is 0 Å². The number of thiophene rings is 1. The highest BCUT2D eigenvalue weighted by molar-refractivity contribution is 7.17. The van der Waals surface area contributed by atoms with Crippen LogP contribution in [0.25, 0.3) is 21.7 Å². The maximum Gasteiger partial charge on any atom is 0.261 e. The van der Waals surface area contributed by atoms with Crippen molar-refractivity contribution < 1.29 is 9.59 Å². The molecule has 3 rings (SSSR count). The minimum atomic E-state index is -0.186. The van der Waals surface area contributed by atoms with Gasteiger partial charge in [0.2, 0.25) is 0 Å². The first kappa shape index (κ1) is 20.0. The molecule has 0 aliphatic carbocycles. The van der Waals surface area contributed by atoms with E-state index in [1.807, 2.05) is 19.9 Å². The summed E-state index contributed by atoms with van der Waals surface area (Å²) >= 11 is 1.35. The topological polar surface area (TPSA) is 99.8 Å². The second-order valence-electron chi connectivity index (χ2n) is 7.74. The zero-order valence-electron chi connectivity index (χ0n) is 16.7. The van der Waals surface area contributed by atoms with Crippen molar-refractivity contribution >= 4 is 34.3 Å². The molecule has 3 N–H and O–H groups in total. The van der Waals surface area contributed by atoms with E-state index in [-0.39, 0.29) is 23.3 Å². The summed E-state index contributed by atoms with van der Waals surface area (Å²) in [6.45, 7) is 10.7. The Morgan fingerprint density at radius 1 is 1.25 bits per heavy atom. The highest BCUT2D eigenvalue weighted by atomic mass is 32.1. The number of hydrogen-bond donors (Lipinski definition) is 3. The van der Waals surface area contributed by atoms with Gasteiger partial charge in [-0.1, -0.05) is 20.8 Å². The number of carbonyl (C=O) groups is 2. The third-order valence-corrected chi connectivity index (χ3v) is 5.80. The van der Waals surface area contributed by atoms with E-state index in [1.54, 1.807) is 18.5 Å². The summed E-state index contributed by atoms with van der Waals surface area (Å²) in [5.74, 6) is -0.292. The van der Waals surface area contributed by atoms with Crippen molar-refractivity contribution in [3.8, 4) is 10.6 Å². The van der Waals surface area contributed by atoms with E-state index in [0.29, 0.717) is 33.8 Å². The number of nitrogens with one attached hydrogen (secondary N) is 3. The number of aromatic amines is 1. The molecule has 0 radical (unpaired) electrons. The predicted octanol–water partition coefficient (Wildman–Crippen LogP) is 3.60. The monoisotopic (exact) mass is 399 g/mol. The molecule has 0 unspecified atom stereocenters. The SMILES string of the molecule is CCNC(=O)c1ccc(-c2cnc3[nH]cc(C(=O)N[C@@H](C)C(C)(C)C)c3n2)s1. The smallest absolute Gasteiger partial charge is 0.261 e. The Morgan fingerprint density at radius 3 is 2.68 bits per heavy atom. The molecule has 8 heteroatoms. The third kappa shape index (κ3) is 4.06. The summed E-state index contributed by atoms with van der Waals surface area (Å²) in [6, 6.07) is 3.62. The van der Waals surface area contributed by atoms with Gasteiger partial charge in [-0.25, -0.2) is 9.97 Å². The van der Waals surface area contributed by atoms with E-state index in [1.165, 1.54) is 11.3 Å². The van der Waals surface area contributed by atoms with Gasteiger partial charge in [0, 0.05) is 18.8 Å². The molecule has 0 aliphatic heterocycles. The number of aromatic nitrogens is 3. The molecule has 1 atom stereocenters. The normalized spacial score (nSPS) is 12.8. The first-order chi connectivity index (χ1) is 13.2. The standard InChI is InChI=1S/C20H25N5O2S/c1-6-21-19(27)15-8-7-14(28-15)13-10-23-17-16(25-13)12(9-22-17)18(26)24-11(2)20(3,4)5/h7-11H,6H2,1-5H3,(H,21,27)(H,22,23)(H,24,26)/t11-/m0/s1. The molecular formula is C20H25N5O2S. The Morgan fingerprint density at radius 2 is 2.00 bits per heavy atom. The number of hydrogen-bond acceptors (Lipinski definition) is 5. The van der Waals surface area contributed by atoms with Gasteiger partial charge < -0.3 is 15.6 Å². The van der Waals surface area contributed by atoms with E-state index in [2.05, 4.69) is 46.4 Å². The average molecular weight is 400 g/mol. The van der Waals surface area contributed by atoms with Gasteiger partial charge in [-0.15, -0.1) is 11.3 Å². The largest absolute Gasteiger partial charge is 0.352 e. The zero-order chi connectivity index (χ0) is 20.5. The van der Waals surface area contributed by atoms with Crippen molar-refractivity contribution in [2.75, 3.05) is 6.54 Å². The molecular weight excluding hydrogens is 374 g/mol. The number of fused-ring (bicyclic) bond motifs is 1. The minimum absolute atomic E-state index is 0.00183. The van der Waals surface area contributed by atoms with Gasteiger partial charge >= 0.3 is 0 Å². The highest BCUT2D eigenvalue weighted by Crippen LogP contribution is 2.28. The van der Waals surface area contributed by atoms with Crippen molar-refractivity contribution in [2.45, 2.75) is 40.7 Å². The summed E-state index contributed by atoms with van der Waals surface area (Å²) < 4.78 is 0. The molecule has 148 valence electrons. The lowest BCUT2D eigenvalue weighted by Crippen LogP contribution is -2.41. The van der Waals surface area contributed by atoms with Crippen molar-refractivity contribution in [3.05, 3.63) is 35.0 Å². The fraction of sp³-hybridized carbons (Fsp3) is 0.400. The molecule has 7 nitrogen and oxygen atoms in total. The predicted molar refractivity (Wildman–Crippen MR) is 112 cm³/mol. The highest BCUT2D eigenvalue weighted by Gasteiger charge is 2.24. The molecule has 0 aliphatic rings. The average Bonchev–Trinajstić information content (AvgIpc) is 3.27. The fourth-order valence-corrected chi connectivity index (χ4v) is 3.40. The van der Waals surface area contributed by atoms with E-state index >= 15 is 0 Å². The maximum atomic E-state index is 12.7. The number of nitrogens with zero attached hydrogens (tertiary/aromatic N) is 2. The van der Waals surface area contributed by atoms with Crippen LogP contribution in [-0.2, 0) is 0 Å². The lowest BCUT2D eigenvalue weighted by molar-refractivity contribution is 0.0910. The van der Waals surface area contributed by atoms with Crippen molar-refractivity contribution in [2.24, 2.45) is 5.41 Å². The van der Waals surface area contributed by atoms with Gasteiger partial charge in [0.15, 0.2) is 5.65 Å². The molecule has 0 saturated carbocycles. The molecule has 28 heavy (non-hydrogen) atoms. The maximum absolute atomic E-state index is 12.7. The Labute approximate surface area is 168 Å². The zero-order valence-corrected chi connectivity index (χ0v) is 17.5. The summed E-state index contributed by atoms with van der Waals surface area (Å²) in [6.07, 6.45) is 3.28. The van der Waals surface area contributed by atoms with E-state index in [0.717, 1.165) is 4.88 Å². The van der Waals surface area contributed by atoms with Crippen LogP contribution in [0.5, 0.6) is 0 Å². The van der Waals surface area contributed by atoms with Crippen LogP contribution < -0.4 is 10.6 Å². The molecule has 2 amide bonds. The lowest BCUT2D eigenvalue weighted by Gasteiger charge is -2.27. The van der Waals surface area contributed by atoms with E-state index in [4.69, 9.17) is 0 Å². The van der Waals surface area contributed by atoms with Gasteiger partial charge in [0.1, 0.15) is 5.52 Å². The van der Waals surface area contributed by atoms with Crippen LogP contribution >= 0.6 is 11.3 Å². The van der Waals surface area contributed by atoms with Gasteiger partial charge in [0.05, 0.1) is 27.2 Å². The van der Waals surface area contributed by atoms with Gasteiger partial charge in [-0.05, 0) is 31.4 Å². The first-order valence-electron chi connectivity index (χ1n) is 9.24. The molecule has 0 fully saturated rings. The Bertz CT molecular complexity index is 1020. The van der Waals surface area contributed by atoms with Crippen LogP contribution in [0.1, 0.15) is 54.6 Å². The Hall–Kier alpha value is -2.74. The van der Waals surface area contributed by atoms with Crippen LogP contribution in [0.15, 0.2) is 24.5 Å². The third-order valence-electron chi connectivity index (χ3n) is 4.69. The quantitative estimate of drug-likeness (QED) is 0.610. The van der Waals surface area contributed by atoms with Crippen LogP contribution in [0.2, 0.25) is 0 Å². The molecule has 0 bridgehead atoms. The number of amides is 2. The summed E-state index contributed by atoms with van der Waals surface area (Å²) in [7, 11) is 0. The van der Waals surface area contributed by atoms with Crippen LogP contribution in [0, 0.1) is 5.41 Å². The Balaban J connectivity index is 1.91. The number of carbonyl (C=O) groups excluding carboxylic acids is 2. The van der Waals surface area contributed by atoms with Crippen LogP contribution in [0.3, 0.4) is 0 Å². The van der Waals surface area contributed by atoms with Crippen LogP contribution in [-0.4, -0.2) is 39.4 Å². The number of rotatable bonds is 5. The second kappa shape index (κ2) is 7.71. The van der Waals surface area contributed by atoms with Crippen molar-refractivity contribution in [1.82, 2.24) is 25.6 Å². The first-order valence-corrected chi connectivity index (χ1v) is 10.1. The lowest BCUT2D eigenvalue weighted by atomic mass is 9.88. The molecule has 0 aromatic carbocycles. The summed E-state index contributed by atoms with van der Waals surface area (Å²) in [4.78, 5) is 38.2. The summed E-state index contributed by atoms with van der Waals surface area (Å²) in [5.41, 5.74) is 2.11. The van der Waals surface area contributed by atoms with Gasteiger partial charge in [-0.3, -0.25) is 9.59 Å². The fourth-order valence-electron chi connectivity index (χ4n) is 2.52.